The zero-order valence-corrected chi connectivity index (χ0v) is 18.0. The quantitative estimate of drug-likeness (QED) is 0.543. The summed E-state index contributed by atoms with van der Waals surface area (Å²) in [5.41, 5.74) is 0. The third kappa shape index (κ3) is 6.15. The smallest absolute Gasteiger partial charge is 0.334 e. The Hall–Kier alpha value is -1.18. The van der Waals surface area contributed by atoms with Gasteiger partial charge in [0.2, 0.25) is 5.91 Å². The zero-order chi connectivity index (χ0) is 20.6. The van der Waals surface area contributed by atoms with Crippen LogP contribution in [0.4, 0.5) is 0 Å². The van der Waals surface area contributed by atoms with Gasteiger partial charge in [-0.25, -0.2) is 4.79 Å². The van der Waals surface area contributed by atoms with Gasteiger partial charge in [-0.15, -0.1) is 0 Å². The molecule has 0 N–H and O–H groups in total. The molecule has 2 saturated carbocycles. The van der Waals surface area contributed by atoms with Crippen LogP contribution in [-0.4, -0.2) is 74.6 Å². The molecule has 0 aromatic rings. The lowest BCUT2D eigenvalue weighted by molar-refractivity contribution is -0.162. The number of fused-ring (bicyclic) bond motifs is 1. The fourth-order valence-corrected chi connectivity index (χ4v) is 5.08. The van der Waals surface area contributed by atoms with E-state index in [1.165, 1.54) is 20.0 Å². The largest absolute Gasteiger partial charge is 0.467 e. The molecule has 3 fully saturated rings. The first-order chi connectivity index (χ1) is 14.1. The summed E-state index contributed by atoms with van der Waals surface area (Å²) in [6, 6.07) is 0.234. The van der Waals surface area contributed by atoms with Gasteiger partial charge in [0.25, 0.3) is 0 Å². The second-order valence-electron chi connectivity index (χ2n) is 8.50. The SMILES string of the molecule is CCOC(CC1CCC(OCCN2C(=O)COC3CCCCC32)CC1)C(=O)OC. The van der Waals surface area contributed by atoms with E-state index in [9.17, 15) is 9.59 Å². The third-order valence-electron chi connectivity index (χ3n) is 6.67. The fraction of sp³-hybridized carbons (Fsp3) is 0.909. The monoisotopic (exact) mass is 411 g/mol. The summed E-state index contributed by atoms with van der Waals surface area (Å²) in [5, 5.41) is 0. The van der Waals surface area contributed by atoms with E-state index in [4.69, 9.17) is 18.9 Å². The lowest BCUT2D eigenvalue weighted by atomic mass is 9.84. The van der Waals surface area contributed by atoms with Crippen LogP contribution in [0, 0.1) is 5.92 Å². The van der Waals surface area contributed by atoms with Crippen LogP contribution in [-0.2, 0) is 28.5 Å². The molecular weight excluding hydrogens is 374 g/mol. The molecule has 0 radical (unpaired) electrons. The second kappa shape index (κ2) is 11.3. The highest BCUT2D eigenvalue weighted by Crippen LogP contribution is 2.31. The minimum atomic E-state index is -0.455. The van der Waals surface area contributed by atoms with Crippen LogP contribution in [0.3, 0.4) is 0 Å². The highest BCUT2D eigenvalue weighted by molar-refractivity contribution is 5.78. The summed E-state index contributed by atoms with van der Waals surface area (Å²) in [6.07, 6.45) is 9.26. The number of ether oxygens (including phenoxy) is 4. The molecule has 29 heavy (non-hydrogen) atoms. The Morgan fingerprint density at radius 1 is 1.17 bits per heavy atom. The molecule has 7 heteroatoms. The first-order valence-electron chi connectivity index (χ1n) is 11.3. The Bertz CT molecular complexity index is 533. The van der Waals surface area contributed by atoms with Crippen molar-refractivity contribution in [2.24, 2.45) is 5.92 Å². The van der Waals surface area contributed by atoms with Gasteiger partial charge in [-0.1, -0.05) is 12.8 Å². The van der Waals surface area contributed by atoms with Crippen molar-refractivity contribution in [1.29, 1.82) is 0 Å². The molecule has 3 aliphatic rings. The molecule has 3 unspecified atom stereocenters. The van der Waals surface area contributed by atoms with Crippen molar-refractivity contribution in [2.45, 2.75) is 89.1 Å². The summed E-state index contributed by atoms with van der Waals surface area (Å²) in [4.78, 5) is 26.2. The van der Waals surface area contributed by atoms with E-state index in [1.807, 2.05) is 11.8 Å². The Morgan fingerprint density at radius 3 is 2.66 bits per heavy atom. The van der Waals surface area contributed by atoms with E-state index in [0.29, 0.717) is 25.7 Å². The highest BCUT2D eigenvalue weighted by atomic mass is 16.6. The number of morpholine rings is 1. The van der Waals surface area contributed by atoms with Crippen LogP contribution in [0.2, 0.25) is 0 Å². The number of amides is 1. The summed E-state index contributed by atoms with van der Waals surface area (Å²) in [6.45, 7) is 3.88. The second-order valence-corrected chi connectivity index (χ2v) is 8.50. The molecule has 3 rings (SSSR count). The number of hydrogen-bond donors (Lipinski definition) is 0. The molecule has 0 aromatic heterocycles. The molecule has 3 atom stereocenters. The summed E-state index contributed by atoms with van der Waals surface area (Å²) < 4.78 is 22.3. The van der Waals surface area contributed by atoms with Crippen molar-refractivity contribution >= 4 is 11.9 Å². The molecule has 7 nitrogen and oxygen atoms in total. The molecular formula is C22H37NO6. The first-order valence-corrected chi connectivity index (χ1v) is 11.3. The van der Waals surface area contributed by atoms with Crippen LogP contribution < -0.4 is 0 Å². The van der Waals surface area contributed by atoms with E-state index in [1.54, 1.807) is 0 Å². The molecule has 1 amide bonds. The van der Waals surface area contributed by atoms with Crippen molar-refractivity contribution in [2.75, 3.05) is 33.5 Å². The number of methoxy groups -OCH3 is 1. The van der Waals surface area contributed by atoms with Gasteiger partial charge in [0.1, 0.15) is 6.61 Å². The summed E-state index contributed by atoms with van der Waals surface area (Å²) in [5.74, 6) is 0.293. The topological polar surface area (TPSA) is 74.3 Å². The van der Waals surface area contributed by atoms with Crippen molar-refractivity contribution in [1.82, 2.24) is 4.90 Å². The van der Waals surface area contributed by atoms with Gasteiger partial charge in [0.05, 0.1) is 32.0 Å². The lowest BCUT2D eigenvalue weighted by Crippen LogP contribution is -2.56. The number of rotatable bonds is 9. The molecule has 166 valence electrons. The van der Waals surface area contributed by atoms with E-state index >= 15 is 0 Å². The van der Waals surface area contributed by atoms with Crippen LogP contribution in [0.5, 0.6) is 0 Å². The van der Waals surface area contributed by atoms with Gasteiger partial charge in [0.15, 0.2) is 6.10 Å². The zero-order valence-electron chi connectivity index (χ0n) is 18.0. The highest BCUT2D eigenvalue weighted by Gasteiger charge is 2.38. The van der Waals surface area contributed by atoms with Gasteiger partial charge >= 0.3 is 5.97 Å². The first kappa shape index (κ1) is 22.5. The Balaban J connectivity index is 1.37. The number of nitrogens with zero attached hydrogens (tertiary/aromatic N) is 1. The average Bonchev–Trinajstić information content (AvgIpc) is 2.75. The Labute approximate surface area is 174 Å². The normalized spacial score (nSPS) is 31.2. The Morgan fingerprint density at radius 2 is 1.93 bits per heavy atom. The maximum absolute atomic E-state index is 12.3. The van der Waals surface area contributed by atoms with Gasteiger partial charge in [-0.2, -0.15) is 0 Å². The number of carbonyl (C=O) groups excluding carboxylic acids is 2. The average molecular weight is 412 g/mol. The van der Waals surface area contributed by atoms with Gasteiger partial charge < -0.3 is 23.8 Å². The van der Waals surface area contributed by atoms with E-state index in [2.05, 4.69) is 0 Å². The molecule has 1 saturated heterocycles. The Kier molecular flexibility index (Phi) is 8.75. The molecule has 1 aliphatic heterocycles. The summed E-state index contributed by atoms with van der Waals surface area (Å²) in [7, 11) is 1.41. The van der Waals surface area contributed by atoms with Crippen LogP contribution >= 0.6 is 0 Å². The number of esters is 1. The van der Waals surface area contributed by atoms with Crippen LogP contribution in [0.25, 0.3) is 0 Å². The molecule has 0 bridgehead atoms. The molecule has 2 aliphatic carbocycles. The van der Waals surface area contributed by atoms with Crippen molar-refractivity contribution in [3.63, 3.8) is 0 Å². The van der Waals surface area contributed by atoms with E-state index in [0.717, 1.165) is 44.9 Å². The van der Waals surface area contributed by atoms with E-state index < -0.39 is 6.10 Å². The van der Waals surface area contributed by atoms with Crippen LogP contribution in [0.15, 0.2) is 0 Å². The predicted molar refractivity (Wildman–Crippen MR) is 107 cm³/mol. The molecule has 1 heterocycles. The molecule has 0 spiro atoms. The van der Waals surface area contributed by atoms with Crippen LogP contribution in [0.1, 0.15) is 64.7 Å². The van der Waals surface area contributed by atoms with Crippen molar-refractivity contribution in [3.8, 4) is 0 Å². The van der Waals surface area contributed by atoms with Gasteiger partial charge in [-0.05, 0) is 57.8 Å². The summed E-state index contributed by atoms with van der Waals surface area (Å²) >= 11 is 0. The lowest BCUT2D eigenvalue weighted by Gasteiger charge is -2.43. The van der Waals surface area contributed by atoms with E-state index in [-0.39, 0.29) is 36.7 Å². The van der Waals surface area contributed by atoms with Gasteiger partial charge in [0, 0.05) is 13.2 Å². The minimum absolute atomic E-state index is 0.102. The van der Waals surface area contributed by atoms with Gasteiger partial charge in [-0.3, -0.25) is 4.79 Å². The maximum Gasteiger partial charge on any atom is 0.334 e. The number of hydrogen-bond acceptors (Lipinski definition) is 6. The predicted octanol–water partition coefficient (Wildman–Crippen LogP) is 2.70. The van der Waals surface area contributed by atoms with Crippen molar-refractivity contribution < 1.29 is 28.5 Å². The molecule has 0 aromatic carbocycles. The third-order valence-corrected chi connectivity index (χ3v) is 6.67. The number of carbonyl (C=O) groups is 2. The minimum Gasteiger partial charge on any atom is -0.467 e. The van der Waals surface area contributed by atoms with Crippen molar-refractivity contribution in [3.05, 3.63) is 0 Å². The standard InChI is InChI=1S/C22H37NO6/c1-3-27-20(22(25)26-2)14-16-8-10-17(11-9-16)28-13-12-23-18-6-4-5-7-19(18)29-15-21(23)24/h16-20H,3-15H2,1-2H3. The maximum atomic E-state index is 12.3. The fourth-order valence-electron chi connectivity index (χ4n) is 5.08.